The Hall–Kier alpha value is -1.33. The Balaban J connectivity index is 2.53. The largest absolute Gasteiger partial charge is 0.320 e. The van der Waals surface area contributed by atoms with Gasteiger partial charge >= 0.3 is 0 Å². The van der Waals surface area contributed by atoms with Crippen LogP contribution in [0.3, 0.4) is 0 Å². The van der Waals surface area contributed by atoms with Gasteiger partial charge in [-0.25, -0.2) is 13.2 Å². The number of hydrogen-bond acceptors (Lipinski definition) is 1. The molecule has 100 valence electrons. The molecular formula is C14H11BrF3N. The van der Waals surface area contributed by atoms with Crippen LogP contribution in [0.25, 0.3) is 0 Å². The minimum atomic E-state index is -1.06. The molecule has 0 aromatic heterocycles. The zero-order chi connectivity index (χ0) is 14.2. The molecule has 1 nitrogen and oxygen atoms in total. The van der Waals surface area contributed by atoms with Gasteiger partial charge in [0.2, 0.25) is 0 Å². The third-order valence-corrected chi connectivity index (χ3v) is 3.54. The predicted octanol–water partition coefficient (Wildman–Crippen LogP) is 4.22. The second-order valence-corrected chi connectivity index (χ2v) is 5.10. The number of nitrogens with two attached hydrogens (primary N) is 1. The molecule has 0 saturated heterocycles. The molecule has 0 saturated carbocycles. The molecule has 2 rings (SSSR count). The molecule has 0 heterocycles. The van der Waals surface area contributed by atoms with Crippen LogP contribution in [0, 0.1) is 24.4 Å². The summed E-state index contributed by atoms with van der Waals surface area (Å²) in [6.45, 7) is 1.45. The zero-order valence-electron chi connectivity index (χ0n) is 10.1. The summed E-state index contributed by atoms with van der Waals surface area (Å²) in [6.07, 6.45) is 0. The lowest BCUT2D eigenvalue weighted by molar-refractivity contribution is 0.557. The van der Waals surface area contributed by atoms with Crippen molar-refractivity contribution in [3.63, 3.8) is 0 Å². The summed E-state index contributed by atoms with van der Waals surface area (Å²) in [5.41, 5.74) is 6.06. The Morgan fingerprint density at radius 3 is 2.42 bits per heavy atom. The van der Waals surface area contributed by atoms with Gasteiger partial charge in [0.05, 0.1) is 10.5 Å². The lowest BCUT2D eigenvalue weighted by atomic mass is 9.97. The molecule has 0 aliphatic carbocycles. The van der Waals surface area contributed by atoms with E-state index in [1.165, 1.54) is 19.1 Å². The molecule has 0 fully saturated rings. The quantitative estimate of drug-likeness (QED) is 0.876. The third-order valence-electron chi connectivity index (χ3n) is 2.93. The van der Waals surface area contributed by atoms with E-state index < -0.39 is 23.5 Å². The summed E-state index contributed by atoms with van der Waals surface area (Å²) in [6, 6.07) is 5.55. The molecule has 1 atom stereocenters. The fourth-order valence-corrected chi connectivity index (χ4v) is 2.21. The maximum atomic E-state index is 13.9. The fraction of sp³-hybridized carbons (Fsp3) is 0.143. The van der Waals surface area contributed by atoms with Crippen LogP contribution in [0.2, 0.25) is 0 Å². The Kier molecular flexibility index (Phi) is 3.96. The van der Waals surface area contributed by atoms with Crippen LogP contribution in [0.15, 0.2) is 34.8 Å². The normalized spacial score (nSPS) is 12.5. The molecule has 1 unspecified atom stereocenters. The molecule has 19 heavy (non-hydrogen) atoms. The van der Waals surface area contributed by atoms with Gasteiger partial charge < -0.3 is 5.73 Å². The summed E-state index contributed by atoms with van der Waals surface area (Å²) in [5.74, 6) is -1.79. The first-order chi connectivity index (χ1) is 8.91. The number of aryl methyl sites for hydroxylation is 1. The first-order valence-electron chi connectivity index (χ1n) is 5.57. The number of hydrogen-bond donors (Lipinski definition) is 1. The molecule has 0 spiro atoms. The first-order valence-corrected chi connectivity index (χ1v) is 6.36. The zero-order valence-corrected chi connectivity index (χ0v) is 11.6. The maximum Gasteiger partial charge on any atom is 0.142 e. The van der Waals surface area contributed by atoms with Gasteiger partial charge in [-0.05, 0) is 46.6 Å². The van der Waals surface area contributed by atoms with E-state index in [4.69, 9.17) is 5.73 Å². The van der Waals surface area contributed by atoms with E-state index in [1.54, 1.807) is 6.07 Å². The van der Waals surface area contributed by atoms with Crippen molar-refractivity contribution in [1.29, 1.82) is 0 Å². The molecule has 2 aromatic carbocycles. The molecule has 0 amide bonds. The topological polar surface area (TPSA) is 26.0 Å². The highest BCUT2D eigenvalue weighted by Gasteiger charge is 2.20. The van der Waals surface area contributed by atoms with E-state index in [0.29, 0.717) is 0 Å². The SMILES string of the molecule is Cc1cc(F)c(C(N)c2cccc(Br)c2F)cc1F. The number of benzene rings is 2. The van der Waals surface area contributed by atoms with Gasteiger partial charge in [0.15, 0.2) is 0 Å². The van der Waals surface area contributed by atoms with Crippen molar-refractivity contribution >= 4 is 15.9 Å². The minimum Gasteiger partial charge on any atom is -0.320 e. The van der Waals surface area contributed by atoms with E-state index in [1.807, 2.05) is 0 Å². The van der Waals surface area contributed by atoms with Crippen molar-refractivity contribution in [2.75, 3.05) is 0 Å². The van der Waals surface area contributed by atoms with Crippen LogP contribution in [0.1, 0.15) is 22.7 Å². The average molecular weight is 330 g/mol. The molecule has 5 heteroatoms. The highest BCUT2D eigenvalue weighted by molar-refractivity contribution is 9.10. The Morgan fingerprint density at radius 2 is 1.74 bits per heavy atom. The molecule has 0 aliphatic heterocycles. The minimum absolute atomic E-state index is 0.0694. The van der Waals surface area contributed by atoms with Crippen LogP contribution >= 0.6 is 15.9 Å². The predicted molar refractivity (Wildman–Crippen MR) is 71.2 cm³/mol. The fourth-order valence-electron chi connectivity index (χ4n) is 1.83. The van der Waals surface area contributed by atoms with E-state index in [2.05, 4.69) is 15.9 Å². The van der Waals surface area contributed by atoms with Crippen molar-refractivity contribution in [1.82, 2.24) is 0 Å². The van der Waals surface area contributed by atoms with Crippen molar-refractivity contribution in [2.24, 2.45) is 5.73 Å². The Morgan fingerprint density at radius 1 is 1.05 bits per heavy atom. The maximum absolute atomic E-state index is 13.9. The van der Waals surface area contributed by atoms with E-state index in [9.17, 15) is 13.2 Å². The van der Waals surface area contributed by atoms with Gasteiger partial charge in [-0.1, -0.05) is 12.1 Å². The van der Waals surface area contributed by atoms with Gasteiger partial charge in [-0.2, -0.15) is 0 Å². The van der Waals surface area contributed by atoms with Crippen molar-refractivity contribution in [3.8, 4) is 0 Å². The summed E-state index contributed by atoms with van der Waals surface area (Å²) in [4.78, 5) is 0. The molecule has 0 bridgehead atoms. The third kappa shape index (κ3) is 2.67. The average Bonchev–Trinajstić information content (AvgIpc) is 2.36. The first kappa shape index (κ1) is 14.1. The van der Waals surface area contributed by atoms with Crippen LogP contribution in [0.4, 0.5) is 13.2 Å². The lowest BCUT2D eigenvalue weighted by Crippen LogP contribution is -2.16. The van der Waals surface area contributed by atoms with Crippen LogP contribution in [-0.4, -0.2) is 0 Å². The second kappa shape index (κ2) is 5.35. The highest BCUT2D eigenvalue weighted by atomic mass is 79.9. The van der Waals surface area contributed by atoms with Gasteiger partial charge in [0, 0.05) is 11.1 Å². The highest BCUT2D eigenvalue weighted by Crippen LogP contribution is 2.29. The molecule has 0 aliphatic rings. The molecule has 0 radical (unpaired) electrons. The van der Waals surface area contributed by atoms with Crippen LogP contribution in [-0.2, 0) is 0 Å². The second-order valence-electron chi connectivity index (χ2n) is 4.24. The monoisotopic (exact) mass is 329 g/mol. The number of rotatable bonds is 2. The Labute approximate surface area is 117 Å². The Bertz CT molecular complexity index is 628. The summed E-state index contributed by atoms with van der Waals surface area (Å²) >= 11 is 3.03. The summed E-state index contributed by atoms with van der Waals surface area (Å²) < 4.78 is 41.4. The lowest BCUT2D eigenvalue weighted by Gasteiger charge is -2.15. The van der Waals surface area contributed by atoms with E-state index >= 15 is 0 Å². The van der Waals surface area contributed by atoms with Gasteiger partial charge in [-0.3, -0.25) is 0 Å². The van der Waals surface area contributed by atoms with Crippen molar-refractivity contribution < 1.29 is 13.2 Å². The van der Waals surface area contributed by atoms with E-state index in [0.717, 1.165) is 12.1 Å². The smallest absolute Gasteiger partial charge is 0.142 e. The summed E-state index contributed by atoms with van der Waals surface area (Å²) in [5, 5.41) is 0. The summed E-state index contributed by atoms with van der Waals surface area (Å²) in [7, 11) is 0. The van der Waals surface area contributed by atoms with Gasteiger partial charge in [-0.15, -0.1) is 0 Å². The standard InChI is InChI=1S/C14H11BrF3N/c1-7-5-12(17)9(6-11(7)16)14(19)8-3-2-4-10(15)13(8)18/h2-6,14H,19H2,1H3. The van der Waals surface area contributed by atoms with Crippen molar-refractivity contribution in [2.45, 2.75) is 13.0 Å². The van der Waals surface area contributed by atoms with E-state index in [-0.39, 0.29) is 21.2 Å². The van der Waals surface area contributed by atoms with Gasteiger partial charge in [0.1, 0.15) is 17.5 Å². The molecule has 2 N–H and O–H groups in total. The molecule has 2 aromatic rings. The van der Waals surface area contributed by atoms with Crippen LogP contribution < -0.4 is 5.73 Å². The number of halogens is 4. The molecular weight excluding hydrogens is 319 g/mol. The van der Waals surface area contributed by atoms with Crippen LogP contribution in [0.5, 0.6) is 0 Å². The van der Waals surface area contributed by atoms with Crippen molar-refractivity contribution in [3.05, 3.63) is 68.9 Å². The van der Waals surface area contributed by atoms with Gasteiger partial charge in [0.25, 0.3) is 0 Å².